The summed E-state index contributed by atoms with van der Waals surface area (Å²) in [7, 11) is 0. The van der Waals surface area contributed by atoms with Crippen LogP contribution < -0.4 is 14.7 Å². The molecule has 0 aromatic carbocycles. The third-order valence-electron chi connectivity index (χ3n) is 13.8. The SMILES string of the molecule is C[C@@H]1C[C@H]2[C@@H]3CCC4=CCC=C[C@]4(C)C3=CC[C@]2(C)[C@@]1(O)CCN1CCN(c2cc(N3CCCC3)nc(N3CCCC3)n2)CC1. The van der Waals surface area contributed by atoms with E-state index in [0.29, 0.717) is 17.8 Å². The highest BCUT2D eigenvalue weighted by atomic mass is 16.3. The zero-order valence-electron chi connectivity index (χ0n) is 28.2. The Morgan fingerprint density at radius 2 is 1.53 bits per heavy atom. The topological polar surface area (TPSA) is 59.0 Å². The molecule has 0 amide bonds. The van der Waals surface area contributed by atoms with Crippen LogP contribution in [-0.2, 0) is 0 Å². The van der Waals surface area contributed by atoms with Crippen LogP contribution in [0.4, 0.5) is 17.6 Å². The lowest BCUT2D eigenvalue weighted by molar-refractivity contribution is -0.109. The number of hydrogen-bond donors (Lipinski definition) is 1. The quantitative estimate of drug-likeness (QED) is 0.383. The molecule has 6 atom stereocenters. The molecule has 3 saturated heterocycles. The van der Waals surface area contributed by atoms with Crippen molar-refractivity contribution in [2.75, 3.05) is 73.6 Å². The number of hydrogen-bond acceptors (Lipinski definition) is 7. The first-order valence-electron chi connectivity index (χ1n) is 18.4. The molecule has 1 N–H and O–H groups in total. The second-order valence-corrected chi connectivity index (χ2v) is 16.0. The van der Waals surface area contributed by atoms with Crippen molar-refractivity contribution in [1.82, 2.24) is 14.9 Å². The predicted molar refractivity (Wildman–Crippen MR) is 184 cm³/mol. The summed E-state index contributed by atoms with van der Waals surface area (Å²) < 4.78 is 0. The van der Waals surface area contributed by atoms with Crippen LogP contribution in [0.5, 0.6) is 0 Å². The highest BCUT2D eigenvalue weighted by Crippen LogP contribution is 2.67. The minimum atomic E-state index is -0.613. The van der Waals surface area contributed by atoms with Crippen molar-refractivity contribution in [3.8, 4) is 0 Å². The normalized spacial score (nSPS) is 38.2. The summed E-state index contributed by atoms with van der Waals surface area (Å²) in [5, 5.41) is 12.6. The lowest BCUT2D eigenvalue weighted by Crippen LogP contribution is -2.54. The lowest BCUT2D eigenvalue weighted by Gasteiger charge is -2.54. The highest BCUT2D eigenvalue weighted by Gasteiger charge is 2.64. The zero-order valence-corrected chi connectivity index (χ0v) is 28.2. The third-order valence-corrected chi connectivity index (χ3v) is 13.8. The molecule has 0 spiro atoms. The van der Waals surface area contributed by atoms with Crippen molar-refractivity contribution in [3.63, 3.8) is 0 Å². The van der Waals surface area contributed by atoms with Gasteiger partial charge in [-0.2, -0.15) is 9.97 Å². The molecule has 45 heavy (non-hydrogen) atoms. The molecule has 0 bridgehead atoms. The molecule has 1 aromatic rings. The number of anilines is 3. The van der Waals surface area contributed by atoms with Crippen LogP contribution in [0, 0.1) is 28.6 Å². The molecule has 4 heterocycles. The second-order valence-electron chi connectivity index (χ2n) is 16.0. The van der Waals surface area contributed by atoms with E-state index in [0.717, 1.165) is 102 Å². The average Bonchev–Trinajstić information content (AvgIpc) is 3.83. The number of allylic oxidation sites excluding steroid dienone is 6. The maximum atomic E-state index is 12.6. The van der Waals surface area contributed by atoms with Crippen molar-refractivity contribution in [1.29, 1.82) is 0 Å². The first-order valence-corrected chi connectivity index (χ1v) is 18.4. The van der Waals surface area contributed by atoms with Crippen molar-refractivity contribution in [2.45, 2.75) is 90.6 Å². The Bertz CT molecular complexity index is 1330. The van der Waals surface area contributed by atoms with E-state index in [2.05, 4.69) is 70.7 Å². The molecule has 1 aromatic heterocycles. The molecule has 3 aliphatic heterocycles. The molecule has 7 nitrogen and oxygen atoms in total. The van der Waals surface area contributed by atoms with Gasteiger partial charge in [0.05, 0.1) is 5.60 Å². The highest BCUT2D eigenvalue weighted by molar-refractivity contribution is 5.56. The molecule has 0 unspecified atom stereocenters. The van der Waals surface area contributed by atoms with Crippen LogP contribution in [0.25, 0.3) is 0 Å². The maximum Gasteiger partial charge on any atom is 0.229 e. The van der Waals surface area contributed by atoms with Gasteiger partial charge in [-0.1, -0.05) is 49.3 Å². The van der Waals surface area contributed by atoms with Crippen LogP contribution >= 0.6 is 0 Å². The fourth-order valence-electron chi connectivity index (χ4n) is 10.9. The van der Waals surface area contributed by atoms with Gasteiger partial charge >= 0.3 is 0 Å². The van der Waals surface area contributed by atoms with Gasteiger partial charge in [-0.05, 0) is 88.9 Å². The number of fused-ring (bicyclic) bond motifs is 5. The van der Waals surface area contributed by atoms with Gasteiger partial charge in [0.15, 0.2) is 0 Å². The minimum Gasteiger partial charge on any atom is -0.389 e. The van der Waals surface area contributed by atoms with E-state index in [4.69, 9.17) is 9.97 Å². The van der Waals surface area contributed by atoms with Gasteiger partial charge < -0.3 is 19.8 Å². The molecule has 5 fully saturated rings. The second kappa shape index (κ2) is 11.4. The Morgan fingerprint density at radius 3 is 2.24 bits per heavy atom. The molecule has 7 aliphatic rings. The van der Waals surface area contributed by atoms with Crippen LogP contribution in [0.15, 0.2) is 41.5 Å². The van der Waals surface area contributed by atoms with Crippen LogP contribution in [0.1, 0.15) is 85.0 Å². The summed E-state index contributed by atoms with van der Waals surface area (Å²) in [6.07, 6.45) is 21.6. The van der Waals surface area contributed by atoms with Gasteiger partial charge in [-0.25, -0.2) is 0 Å². The van der Waals surface area contributed by atoms with E-state index < -0.39 is 5.60 Å². The summed E-state index contributed by atoms with van der Waals surface area (Å²) in [5.74, 6) is 4.67. The van der Waals surface area contributed by atoms with Gasteiger partial charge in [-0.15, -0.1) is 0 Å². The standard InChI is InChI=1S/C38H56N6O/c1-28-26-32-30-12-11-29-10-4-5-14-36(29,2)31(30)13-15-37(32,3)38(28,45)16-21-41-22-24-43(25-23-41)34-27-33(42-17-6-7-18-42)39-35(40-34)44-19-8-9-20-44/h5,10,13-14,27-28,30,32,45H,4,6-9,11-12,15-26H2,1-3H3/t28-,30-,32+,36+,37+,38-/m1/s1. The van der Waals surface area contributed by atoms with E-state index in [-0.39, 0.29) is 10.8 Å². The van der Waals surface area contributed by atoms with Crippen LogP contribution in [0.3, 0.4) is 0 Å². The number of rotatable bonds is 6. The van der Waals surface area contributed by atoms with Crippen molar-refractivity contribution < 1.29 is 5.11 Å². The van der Waals surface area contributed by atoms with E-state index in [1.807, 2.05) is 0 Å². The number of piperazine rings is 1. The van der Waals surface area contributed by atoms with Gasteiger partial charge in [0.1, 0.15) is 11.6 Å². The Balaban J connectivity index is 0.943. The number of nitrogens with zero attached hydrogens (tertiary/aromatic N) is 6. The van der Waals surface area contributed by atoms with Crippen LogP contribution in [0.2, 0.25) is 0 Å². The third kappa shape index (κ3) is 4.89. The minimum absolute atomic E-state index is 0.0444. The lowest BCUT2D eigenvalue weighted by atomic mass is 9.51. The average molecular weight is 613 g/mol. The van der Waals surface area contributed by atoms with Crippen molar-refractivity contribution in [3.05, 3.63) is 41.5 Å². The molecular weight excluding hydrogens is 556 g/mol. The largest absolute Gasteiger partial charge is 0.389 e. The van der Waals surface area contributed by atoms with Gasteiger partial charge in [-0.3, -0.25) is 4.90 Å². The summed E-state index contributed by atoms with van der Waals surface area (Å²) in [5.41, 5.74) is 2.75. The van der Waals surface area contributed by atoms with Crippen LogP contribution in [-0.4, -0.2) is 84.5 Å². The number of aromatic nitrogens is 2. The van der Waals surface area contributed by atoms with E-state index >= 15 is 0 Å². The smallest absolute Gasteiger partial charge is 0.229 e. The zero-order chi connectivity index (χ0) is 30.8. The summed E-state index contributed by atoms with van der Waals surface area (Å²) in [6, 6.07) is 2.25. The van der Waals surface area contributed by atoms with Crippen molar-refractivity contribution >= 4 is 17.6 Å². The van der Waals surface area contributed by atoms with E-state index in [9.17, 15) is 5.11 Å². The Labute approximate surface area is 271 Å². The molecule has 2 saturated carbocycles. The van der Waals surface area contributed by atoms with E-state index in [1.54, 1.807) is 11.1 Å². The molecule has 7 heteroatoms. The van der Waals surface area contributed by atoms with Gasteiger partial charge in [0.25, 0.3) is 0 Å². The first kappa shape index (κ1) is 30.0. The van der Waals surface area contributed by atoms with E-state index in [1.165, 1.54) is 38.5 Å². The fourth-order valence-corrected chi connectivity index (χ4v) is 10.9. The molecular formula is C38H56N6O. The summed E-state index contributed by atoms with van der Waals surface area (Å²) in [4.78, 5) is 20.1. The molecule has 4 aliphatic carbocycles. The Morgan fingerprint density at radius 1 is 0.867 bits per heavy atom. The summed E-state index contributed by atoms with van der Waals surface area (Å²) >= 11 is 0. The van der Waals surface area contributed by atoms with Gasteiger partial charge in [0, 0.05) is 75.8 Å². The Hall–Kier alpha value is -2.38. The summed E-state index contributed by atoms with van der Waals surface area (Å²) in [6.45, 7) is 16.6. The molecule has 244 valence electrons. The predicted octanol–water partition coefficient (Wildman–Crippen LogP) is 6.22. The fraction of sp³-hybridized carbons (Fsp3) is 0.737. The first-order chi connectivity index (χ1) is 21.8. The Kier molecular flexibility index (Phi) is 7.59. The number of aliphatic hydroxyl groups is 1. The molecule has 0 radical (unpaired) electrons. The maximum absolute atomic E-state index is 12.6. The molecule has 8 rings (SSSR count). The van der Waals surface area contributed by atoms with Gasteiger partial charge in [0.2, 0.25) is 5.95 Å². The monoisotopic (exact) mass is 612 g/mol. The van der Waals surface area contributed by atoms with Crippen molar-refractivity contribution in [2.24, 2.45) is 28.6 Å².